The number of rotatable bonds is 1. The summed E-state index contributed by atoms with van der Waals surface area (Å²) in [7, 11) is 0. The van der Waals surface area contributed by atoms with Crippen LogP contribution in [0.5, 0.6) is 0 Å². The predicted octanol–water partition coefficient (Wildman–Crippen LogP) is 2.80. The molecular weight excluding hydrogens is 210 g/mol. The van der Waals surface area contributed by atoms with Gasteiger partial charge in [0, 0.05) is 11.6 Å². The Morgan fingerprint density at radius 1 is 1.07 bits per heavy atom. The molecule has 0 saturated heterocycles. The van der Waals surface area contributed by atoms with E-state index in [1.54, 1.807) is 6.07 Å². The van der Waals surface area contributed by atoms with Crippen molar-refractivity contribution in [1.82, 2.24) is 0 Å². The summed E-state index contributed by atoms with van der Waals surface area (Å²) < 4.78 is 52.1. The highest BCUT2D eigenvalue weighted by atomic mass is 19.2. The van der Waals surface area contributed by atoms with E-state index in [1.807, 2.05) is 0 Å². The highest BCUT2D eigenvalue weighted by molar-refractivity contribution is 5.41. The summed E-state index contributed by atoms with van der Waals surface area (Å²) in [5.74, 6) is -5.86. The SMILES string of the molecule is N#CC1(c2c(F)c(F)cc(F)c2F)CC1. The standard InChI is InChI=1S/C10H5F4N/c11-5-3-6(12)9(14)7(8(5)13)10(4-15)1-2-10/h3H,1-2H2. The van der Waals surface area contributed by atoms with Gasteiger partial charge in [0.25, 0.3) is 0 Å². The monoisotopic (exact) mass is 215 g/mol. The number of benzene rings is 1. The predicted molar refractivity (Wildman–Crippen MR) is 42.8 cm³/mol. The lowest BCUT2D eigenvalue weighted by Crippen LogP contribution is -2.12. The van der Waals surface area contributed by atoms with Gasteiger partial charge in [-0.25, -0.2) is 17.6 Å². The van der Waals surface area contributed by atoms with Gasteiger partial charge in [-0.2, -0.15) is 5.26 Å². The van der Waals surface area contributed by atoms with Gasteiger partial charge in [0.05, 0.1) is 11.5 Å². The summed E-state index contributed by atoms with van der Waals surface area (Å²) >= 11 is 0. The first-order valence-corrected chi connectivity index (χ1v) is 4.26. The molecule has 78 valence electrons. The molecule has 1 aromatic carbocycles. The zero-order chi connectivity index (χ0) is 11.2. The summed E-state index contributed by atoms with van der Waals surface area (Å²) in [5.41, 5.74) is -2.15. The summed E-state index contributed by atoms with van der Waals surface area (Å²) in [4.78, 5) is 0. The van der Waals surface area contributed by atoms with Crippen molar-refractivity contribution in [3.63, 3.8) is 0 Å². The van der Waals surface area contributed by atoms with Gasteiger partial charge >= 0.3 is 0 Å². The van der Waals surface area contributed by atoms with Crippen LogP contribution in [-0.2, 0) is 5.41 Å². The topological polar surface area (TPSA) is 23.8 Å². The lowest BCUT2D eigenvalue weighted by Gasteiger charge is -2.10. The van der Waals surface area contributed by atoms with Crippen LogP contribution in [0.4, 0.5) is 17.6 Å². The molecule has 0 unspecified atom stereocenters. The van der Waals surface area contributed by atoms with Crippen molar-refractivity contribution in [2.75, 3.05) is 0 Å². The Labute approximate surface area is 82.9 Å². The van der Waals surface area contributed by atoms with Gasteiger partial charge < -0.3 is 0 Å². The van der Waals surface area contributed by atoms with Gasteiger partial charge in [0.1, 0.15) is 0 Å². The summed E-state index contributed by atoms with van der Waals surface area (Å²) in [6, 6.07) is 1.83. The van der Waals surface area contributed by atoms with Gasteiger partial charge in [-0.15, -0.1) is 0 Å². The van der Waals surface area contributed by atoms with Crippen LogP contribution in [0.2, 0.25) is 0 Å². The van der Waals surface area contributed by atoms with E-state index in [0.717, 1.165) is 0 Å². The molecule has 0 radical (unpaired) electrons. The van der Waals surface area contributed by atoms with Crippen molar-refractivity contribution in [2.45, 2.75) is 18.3 Å². The fourth-order valence-corrected chi connectivity index (χ4v) is 1.54. The molecule has 1 saturated carbocycles. The second kappa shape index (κ2) is 2.96. The Kier molecular flexibility index (Phi) is 1.97. The minimum Gasteiger partial charge on any atom is -0.204 e. The van der Waals surface area contributed by atoms with Crippen LogP contribution in [0.15, 0.2) is 6.07 Å². The van der Waals surface area contributed by atoms with E-state index in [9.17, 15) is 17.6 Å². The maximum Gasteiger partial charge on any atom is 0.166 e. The van der Waals surface area contributed by atoms with Crippen LogP contribution in [0.1, 0.15) is 18.4 Å². The van der Waals surface area contributed by atoms with Crippen molar-refractivity contribution >= 4 is 0 Å². The first kappa shape index (κ1) is 9.97. The molecule has 5 heteroatoms. The third-order valence-corrected chi connectivity index (χ3v) is 2.55. The molecule has 0 amide bonds. The first-order chi connectivity index (χ1) is 7.02. The van der Waals surface area contributed by atoms with Gasteiger partial charge in [0.2, 0.25) is 0 Å². The lowest BCUT2D eigenvalue weighted by molar-refractivity contribution is 0.432. The molecule has 2 rings (SSSR count). The Morgan fingerprint density at radius 3 is 1.87 bits per heavy atom. The van der Waals surface area contributed by atoms with Crippen molar-refractivity contribution in [3.8, 4) is 6.07 Å². The second-order valence-corrected chi connectivity index (χ2v) is 3.54. The van der Waals surface area contributed by atoms with Crippen LogP contribution in [-0.4, -0.2) is 0 Å². The number of hydrogen-bond acceptors (Lipinski definition) is 1. The zero-order valence-corrected chi connectivity index (χ0v) is 7.45. The minimum absolute atomic E-state index is 0.140. The molecule has 1 aromatic rings. The maximum absolute atomic E-state index is 13.2. The molecule has 0 N–H and O–H groups in total. The fraction of sp³-hybridized carbons (Fsp3) is 0.300. The van der Waals surface area contributed by atoms with Crippen molar-refractivity contribution in [2.24, 2.45) is 0 Å². The average molecular weight is 215 g/mol. The minimum atomic E-state index is -1.47. The van der Waals surface area contributed by atoms with Gasteiger partial charge in [0.15, 0.2) is 23.3 Å². The Bertz CT molecular complexity index is 445. The number of halogens is 4. The molecule has 1 aliphatic carbocycles. The van der Waals surface area contributed by atoms with E-state index in [4.69, 9.17) is 5.26 Å². The molecule has 15 heavy (non-hydrogen) atoms. The Balaban J connectivity index is 2.71. The van der Waals surface area contributed by atoms with Gasteiger partial charge in [-0.05, 0) is 12.8 Å². The molecule has 0 heterocycles. The van der Waals surface area contributed by atoms with E-state index in [0.29, 0.717) is 0 Å². The van der Waals surface area contributed by atoms with E-state index in [2.05, 4.69) is 0 Å². The van der Waals surface area contributed by atoms with Crippen LogP contribution >= 0.6 is 0 Å². The van der Waals surface area contributed by atoms with Crippen LogP contribution < -0.4 is 0 Å². The van der Waals surface area contributed by atoms with Crippen LogP contribution in [0.25, 0.3) is 0 Å². The quantitative estimate of drug-likeness (QED) is 0.522. The third kappa shape index (κ3) is 1.29. The molecule has 0 atom stereocenters. The number of nitrogens with zero attached hydrogens (tertiary/aromatic N) is 1. The van der Waals surface area contributed by atoms with Gasteiger partial charge in [-0.3, -0.25) is 0 Å². The number of hydrogen-bond donors (Lipinski definition) is 0. The molecule has 0 spiro atoms. The largest absolute Gasteiger partial charge is 0.204 e. The van der Waals surface area contributed by atoms with Crippen LogP contribution in [0, 0.1) is 34.6 Å². The first-order valence-electron chi connectivity index (χ1n) is 4.26. The zero-order valence-electron chi connectivity index (χ0n) is 7.45. The highest BCUT2D eigenvalue weighted by Gasteiger charge is 2.50. The summed E-state index contributed by atoms with van der Waals surface area (Å²) in [6.45, 7) is 0. The molecular formula is C10H5F4N. The van der Waals surface area contributed by atoms with E-state index in [1.165, 1.54) is 0 Å². The maximum atomic E-state index is 13.2. The molecule has 1 nitrogen and oxygen atoms in total. The Morgan fingerprint density at radius 2 is 1.53 bits per heavy atom. The van der Waals surface area contributed by atoms with E-state index >= 15 is 0 Å². The van der Waals surface area contributed by atoms with Gasteiger partial charge in [-0.1, -0.05) is 0 Å². The summed E-state index contributed by atoms with van der Waals surface area (Å²) in [5, 5.41) is 8.71. The highest BCUT2D eigenvalue weighted by Crippen LogP contribution is 2.49. The third-order valence-electron chi connectivity index (χ3n) is 2.55. The summed E-state index contributed by atoms with van der Waals surface area (Å²) in [6.07, 6.45) is 0.445. The second-order valence-electron chi connectivity index (χ2n) is 3.54. The molecule has 1 fully saturated rings. The fourth-order valence-electron chi connectivity index (χ4n) is 1.54. The molecule has 0 aromatic heterocycles. The molecule has 0 bridgehead atoms. The smallest absolute Gasteiger partial charge is 0.166 e. The lowest BCUT2D eigenvalue weighted by atomic mass is 9.96. The van der Waals surface area contributed by atoms with Crippen LogP contribution in [0.3, 0.4) is 0 Å². The van der Waals surface area contributed by atoms with E-state index < -0.39 is 34.2 Å². The Hall–Kier alpha value is -1.57. The van der Waals surface area contributed by atoms with Crippen molar-refractivity contribution in [3.05, 3.63) is 34.9 Å². The van der Waals surface area contributed by atoms with Crippen molar-refractivity contribution in [1.29, 1.82) is 5.26 Å². The average Bonchev–Trinajstić information content (AvgIpc) is 2.96. The van der Waals surface area contributed by atoms with E-state index in [-0.39, 0.29) is 18.9 Å². The normalized spacial score (nSPS) is 17.3. The number of nitriles is 1. The molecule has 0 aliphatic heterocycles. The van der Waals surface area contributed by atoms with Crippen molar-refractivity contribution < 1.29 is 17.6 Å². The molecule has 1 aliphatic rings.